The Morgan fingerprint density at radius 3 is 2.00 bits per heavy atom. The minimum absolute atomic E-state index is 0.107. The van der Waals surface area contributed by atoms with Gasteiger partial charge in [-0.1, -0.05) is 33.9 Å². The van der Waals surface area contributed by atoms with Crippen LogP contribution in [0.3, 0.4) is 0 Å². The van der Waals surface area contributed by atoms with Crippen LogP contribution in [-0.2, 0) is 4.79 Å². The van der Waals surface area contributed by atoms with Crippen LogP contribution < -0.4 is 0 Å². The largest absolute Gasteiger partial charge is 0.383 e. The fraction of sp³-hybridized carbons (Fsp3) is 0.842. The molecule has 1 atom stereocenters. The molecule has 0 aromatic heterocycles. The zero-order valence-corrected chi connectivity index (χ0v) is 17.7. The summed E-state index contributed by atoms with van der Waals surface area (Å²) in [5, 5.41) is 10.4. The zero-order chi connectivity index (χ0) is 18.4. The summed E-state index contributed by atoms with van der Waals surface area (Å²) in [5.74, 6) is 3.12. The van der Waals surface area contributed by atoms with Gasteiger partial charge in [-0.2, -0.15) is 0 Å². The summed E-state index contributed by atoms with van der Waals surface area (Å²) in [7, 11) is -1.55. The van der Waals surface area contributed by atoms with Crippen molar-refractivity contribution in [2.24, 2.45) is 0 Å². The number of rotatable bonds is 6. The number of amides is 1. The van der Waals surface area contributed by atoms with Gasteiger partial charge in [-0.25, -0.2) is 0 Å². The Morgan fingerprint density at radius 1 is 1.13 bits per heavy atom. The van der Waals surface area contributed by atoms with E-state index < -0.39 is 14.2 Å². The maximum atomic E-state index is 12.3. The molecule has 23 heavy (non-hydrogen) atoms. The van der Waals surface area contributed by atoms with Crippen molar-refractivity contribution in [1.29, 1.82) is 0 Å². The summed E-state index contributed by atoms with van der Waals surface area (Å²) in [4.78, 5) is 14.1. The lowest BCUT2D eigenvalue weighted by atomic mass is 10.1. The molecule has 0 unspecified atom stereocenters. The van der Waals surface area contributed by atoms with Crippen LogP contribution in [0, 0.1) is 11.5 Å². The first-order chi connectivity index (χ1) is 10.3. The minimum atomic E-state index is -1.55. The Morgan fingerprint density at radius 2 is 1.61 bits per heavy atom. The quantitative estimate of drug-likeness (QED) is 0.447. The van der Waals surface area contributed by atoms with Crippen LogP contribution in [0.2, 0.25) is 18.1 Å². The maximum Gasteiger partial charge on any atom is 0.251 e. The standard InChI is InChI=1S/C19H37NO2Si/c1-15(2)20(16(3)4)18(22)17(21)13-11-10-12-14-23(8,9)19(5,6)7/h15-17,21H,10-11,13H2,1-9H3/t17-/m1/s1. The van der Waals surface area contributed by atoms with Gasteiger partial charge in [0.25, 0.3) is 5.91 Å². The number of aliphatic hydroxyl groups is 1. The predicted octanol–water partition coefficient (Wildman–Crippen LogP) is 4.21. The molecular formula is C19H37NO2Si. The van der Waals surface area contributed by atoms with E-state index in [0.29, 0.717) is 6.42 Å². The molecule has 1 amide bonds. The Labute approximate surface area is 144 Å². The highest BCUT2D eigenvalue weighted by Crippen LogP contribution is 2.35. The van der Waals surface area contributed by atoms with Crippen LogP contribution in [-0.4, -0.2) is 42.2 Å². The van der Waals surface area contributed by atoms with Gasteiger partial charge in [0.05, 0.1) is 0 Å². The minimum Gasteiger partial charge on any atom is -0.383 e. The number of aliphatic hydroxyl groups excluding tert-OH is 1. The van der Waals surface area contributed by atoms with Gasteiger partial charge in [-0.05, 0) is 45.6 Å². The molecule has 0 saturated carbocycles. The molecule has 0 aromatic rings. The van der Waals surface area contributed by atoms with E-state index in [4.69, 9.17) is 0 Å². The molecule has 4 heteroatoms. The van der Waals surface area contributed by atoms with Crippen LogP contribution >= 0.6 is 0 Å². The summed E-state index contributed by atoms with van der Waals surface area (Å²) in [5.41, 5.74) is 3.47. The third kappa shape index (κ3) is 7.09. The molecule has 3 nitrogen and oxygen atoms in total. The highest BCUT2D eigenvalue weighted by molar-refractivity contribution is 6.87. The monoisotopic (exact) mass is 339 g/mol. The molecular weight excluding hydrogens is 302 g/mol. The van der Waals surface area contributed by atoms with E-state index in [9.17, 15) is 9.90 Å². The molecule has 0 fully saturated rings. The van der Waals surface area contributed by atoms with Crippen LogP contribution in [0.25, 0.3) is 0 Å². The first-order valence-electron chi connectivity index (χ1n) is 8.81. The van der Waals surface area contributed by atoms with E-state index in [1.807, 2.05) is 27.7 Å². The first kappa shape index (κ1) is 22.2. The van der Waals surface area contributed by atoms with Crippen molar-refractivity contribution in [3.63, 3.8) is 0 Å². The highest BCUT2D eigenvalue weighted by Gasteiger charge is 2.33. The van der Waals surface area contributed by atoms with Crippen LogP contribution in [0.5, 0.6) is 0 Å². The molecule has 0 rings (SSSR count). The SMILES string of the molecule is CC(C)N(C(=O)[C@H](O)CCCC#C[Si](C)(C)C(C)(C)C)C(C)C. The molecule has 0 spiro atoms. The summed E-state index contributed by atoms with van der Waals surface area (Å²) in [6.45, 7) is 19.3. The van der Waals surface area contributed by atoms with E-state index in [1.54, 1.807) is 4.90 Å². The van der Waals surface area contributed by atoms with Crippen molar-refractivity contribution in [3.8, 4) is 11.5 Å². The van der Waals surface area contributed by atoms with Crippen molar-refractivity contribution in [2.75, 3.05) is 0 Å². The van der Waals surface area contributed by atoms with Crippen LogP contribution in [0.15, 0.2) is 0 Å². The van der Waals surface area contributed by atoms with E-state index in [1.165, 1.54) is 0 Å². The number of hydrogen-bond acceptors (Lipinski definition) is 2. The molecule has 0 aromatic carbocycles. The summed E-state index contributed by atoms with van der Waals surface area (Å²) < 4.78 is 0. The molecule has 0 aliphatic carbocycles. The lowest BCUT2D eigenvalue weighted by molar-refractivity contribution is -0.144. The second kappa shape index (κ2) is 8.89. The first-order valence-corrected chi connectivity index (χ1v) is 11.8. The zero-order valence-electron chi connectivity index (χ0n) is 16.7. The van der Waals surface area contributed by atoms with Gasteiger partial charge in [-0.15, -0.1) is 11.5 Å². The fourth-order valence-electron chi connectivity index (χ4n) is 2.26. The van der Waals surface area contributed by atoms with Gasteiger partial charge in [-0.3, -0.25) is 4.79 Å². The normalized spacial score (nSPS) is 13.7. The molecule has 0 aliphatic heterocycles. The van der Waals surface area contributed by atoms with Gasteiger partial charge < -0.3 is 10.0 Å². The van der Waals surface area contributed by atoms with Crippen molar-refractivity contribution < 1.29 is 9.90 Å². The highest BCUT2D eigenvalue weighted by atomic mass is 28.3. The Bertz CT molecular complexity index is 431. The molecule has 0 saturated heterocycles. The van der Waals surface area contributed by atoms with E-state index in [-0.39, 0.29) is 23.0 Å². The second-order valence-electron chi connectivity index (χ2n) is 8.52. The summed E-state index contributed by atoms with van der Waals surface area (Å²) in [6, 6.07) is 0.214. The number of carbonyl (C=O) groups excluding carboxylic acids is 1. The van der Waals surface area contributed by atoms with Crippen molar-refractivity contribution in [2.45, 2.75) is 104 Å². The smallest absolute Gasteiger partial charge is 0.251 e. The third-order valence-electron chi connectivity index (χ3n) is 4.71. The van der Waals surface area contributed by atoms with Crippen LogP contribution in [0.1, 0.15) is 67.7 Å². The topological polar surface area (TPSA) is 40.5 Å². The molecule has 0 radical (unpaired) electrons. The lowest BCUT2D eigenvalue weighted by Gasteiger charge is -2.32. The molecule has 134 valence electrons. The third-order valence-corrected chi connectivity index (χ3v) is 9.26. The Hall–Kier alpha value is -0.793. The summed E-state index contributed by atoms with van der Waals surface area (Å²) >= 11 is 0. The van der Waals surface area contributed by atoms with Crippen molar-refractivity contribution in [1.82, 2.24) is 4.90 Å². The van der Waals surface area contributed by atoms with E-state index >= 15 is 0 Å². The Kier molecular flexibility index (Phi) is 8.58. The van der Waals surface area contributed by atoms with Gasteiger partial charge in [0.2, 0.25) is 0 Å². The number of nitrogens with zero attached hydrogens (tertiary/aromatic N) is 1. The average Bonchev–Trinajstić information content (AvgIpc) is 2.35. The van der Waals surface area contributed by atoms with Gasteiger partial charge in [0.15, 0.2) is 0 Å². The molecule has 0 aliphatic rings. The van der Waals surface area contributed by atoms with Gasteiger partial charge >= 0.3 is 0 Å². The lowest BCUT2D eigenvalue weighted by Crippen LogP contribution is -2.47. The number of carbonyl (C=O) groups is 1. The molecule has 0 heterocycles. The molecule has 0 bridgehead atoms. The van der Waals surface area contributed by atoms with Crippen molar-refractivity contribution in [3.05, 3.63) is 0 Å². The average molecular weight is 340 g/mol. The van der Waals surface area contributed by atoms with Crippen molar-refractivity contribution >= 4 is 14.0 Å². The van der Waals surface area contributed by atoms with Crippen LogP contribution in [0.4, 0.5) is 0 Å². The summed E-state index contributed by atoms with van der Waals surface area (Å²) in [6.07, 6.45) is 1.09. The molecule has 1 N–H and O–H groups in total. The number of hydrogen-bond donors (Lipinski definition) is 1. The Balaban J connectivity index is 4.48. The second-order valence-corrected chi connectivity index (χ2v) is 13.5. The van der Waals surface area contributed by atoms with Gasteiger partial charge in [0.1, 0.15) is 14.2 Å². The van der Waals surface area contributed by atoms with Gasteiger partial charge in [0, 0.05) is 18.5 Å². The maximum absolute atomic E-state index is 12.3. The van der Waals surface area contributed by atoms with E-state index in [0.717, 1.165) is 12.8 Å². The predicted molar refractivity (Wildman–Crippen MR) is 102 cm³/mol. The van der Waals surface area contributed by atoms with E-state index in [2.05, 4.69) is 45.3 Å². The number of unbranched alkanes of at least 4 members (excludes halogenated alkanes) is 1. The fourth-order valence-corrected chi connectivity index (χ4v) is 3.20.